The van der Waals surface area contributed by atoms with Crippen molar-refractivity contribution in [3.8, 4) is 0 Å². The van der Waals surface area contributed by atoms with E-state index in [0.717, 1.165) is 44.0 Å². The van der Waals surface area contributed by atoms with Crippen molar-refractivity contribution in [2.75, 3.05) is 43.4 Å². The van der Waals surface area contributed by atoms with E-state index in [1.807, 2.05) is 25.1 Å². The standard InChI is InChI=1S/C16H24N4OS/c1-3-6-15(21)18-16(22)17-13-7-4-5-8-14(13)20-11-9-19(2)10-12-20/h4-5,7-8H,3,6,9-12H2,1-2H3,(H2,17,18,21,22). The third kappa shape index (κ3) is 4.68. The molecule has 120 valence electrons. The summed E-state index contributed by atoms with van der Waals surface area (Å²) in [6, 6.07) is 8.08. The average molecular weight is 320 g/mol. The first-order valence-electron chi connectivity index (χ1n) is 7.73. The molecule has 5 nitrogen and oxygen atoms in total. The Morgan fingerprint density at radius 2 is 1.91 bits per heavy atom. The molecule has 1 aromatic carbocycles. The number of hydrogen-bond donors (Lipinski definition) is 2. The Hall–Kier alpha value is -1.66. The van der Waals surface area contributed by atoms with Crippen molar-refractivity contribution in [1.29, 1.82) is 0 Å². The number of benzene rings is 1. The topological polar surface area (TPSA) is 47.6 Å². The van der Waals surface area contributed by atoms with E-state index >= 15 is 0 Å². The molecule has 1 saturated heterocycles. The van der Waals surface area contributed by atoms with Crippen LogP contribution in [0.25, 0.3) is 0 Å². The van der Waals surface area contributed by atoms with Gasteiger partial charge in [0.05, 0.1) is 11.4 Å². The molecule has 0 saturated carbocycles. The summed E-state index contributed by atoms with van der Waals surface area (Å²) in [5.74, 6) is -0.0444. The molecule has 1 fully saturated rings. The van der Waals surface area contributed by atoms with Gasteiger partial charge in [0.15, 0.2) is 5.11 Å². The van der Waals surface area contributed by atoms with Crippen LogP contribution in [0.4, 0.5) is 11.4 Å². The van der Waals surface area contributed by atoms with Gasteiger partial charge in [0.25, 0.3) is 0 Å². The second-order valence-corrected chi connectivity index (χ2v) is 5.97. The molecule has 0 bridgehead atoms. The molecule has 6 heteroatoms. The van der Waals surface area contributed by atoms with Gasteiger partial charge in [-0.1, -0.05) is 19.1 Å². The van der Waals surface area contributed by atoms with E-state index < -0.39 is 0 Å². The van der Waals surface area contributed by atoms with Crippen LogP contribution in [-0.2, 0) is 4.79 Å². The zero-order chi connectivity index (χ0) is 15.9. The van der Waals surface area contributed by atoms with Crippen LogP contribution in [0.3, 0.4) is 0 Å². The Morgan fingerprint density at radius 1 is 1.23 bits per heavy atom. The van der Waals surface area contributed by atoms with Gasteiger partial charge in [-0.05, 0) is 37.8 Å². The highest BCUT2D eigenvalue weighted by Gasteiger charge is 2.17. The number of rotatable bonds is 4. The molecule has 2 rings (SSSR count). The van der Waals surface area contributed by atoms with Crippen molar-refractivity contribution in [3.05, 3.63) is 24.3 Å². The molecule has 0 spiro atoms. The van der Waals surface area contributed by atoms with Gasteiger partial charge in [-0.15, -0.1) is 0 Å². The van der Waals surface area contributed by atoms with Crippen molar-refractivity contribution >= 4 is 34.6 Å². The minimum absolute atomic E-state index is 0.0444. The van der Waals surface area contributed by atoms with Crippen molar-refractivity contribution in [2.24, 2.45) is 0 Å². The normalized spacial score (nSPS) is 15.5. The lowest BCUT2D eigenvalue weighted by atomic mass is 10.2. The predicted octanol–water partition coefficient (Wildman–Crippen LogP) is 2.05. The molecule has 1 aliphatic rings. The summed E-state index contributed by atoms with van der Waals surface area (Å²) < 4.78 is 0. The van der Waals surface area contributed by atoms with Crippen LogP contribution in [-0.4, -0.2) is 49.1 Å². The Kier molecular flexibility index (Phi) is 6.15. The number of piperazine rings is 1. The summed E-state index contributed by atoms with van der Waals surface area (Å²) in [7, 11) is 2.14. The van der Waals surface area contributed by atoms with Gasteiger partial charge < -0.3 is 20.4 Å². The lowest BCUT2D eigenvalue weighted by molar-refractivity contribution is -0.119. The minimum Gasteiger partial charge on any atom is -0.367 e. The lowest BCUT2D eigenvalue weighted by Gasteiger charge is -2.35. The quantitative estimate of drug-likeness (QED) is 0.832. The number of thiocarbonyl (C=S) groups is 1. The van der Waals surface area contributed by atoms with Crippen molar-refractivity contribution in [2.45, 2.75) is 19.8 Å². The summed E-state index contributed by atoms with van der Waals surface area (Å²) in [5.41, 5.74) is 2.07. The zero-order valence-electron chi connectivity index (χ0n) is 13.3. The predicted molar refractivity (Wildman–Crippen MR) is 95.4 cm³/mol. The maximum Gasteiger partial charge on any atom is 0.226 e. The Balaban J connectivity index is 2.02. The Morgan fingerprint density at radius 3 is 2.59 bits per heavy atom. The molecule has 0 aromatic heterocycles. The fourth-order valence-electron chi connectivity index (χ4n) is 2.47. The van der Waals surface area contributed by atoms with Gasteiger partial charge in [0.2, 0.25) is 5.91 Å². The van der Waals surface area contributed by atoms with E-state index in [2.05, 4.69) is 33.5 Å². The smallest absolute Gasteiger partial charge is 0.226 e. The zero-order valence-corrected chi connectivity index (χ0v) is 14.1. The Labute approximate surface area is 137 Å². The number of carbonyl (C=O) groups excluding carboxylic acids is 1. The van der Waals surface area contributed by atoms with Crippen LogP contribution in [0.1, 0.15) is 19.8 Å². The molecule has 0 radical (unpaired) electrons. The van der Waals surface area contributed by atoms with E-state index in [1.54, 1.807) is 0 Å². The van der Waals surface area contributed by atoms with E-state index in [9.17, 15) is 4.79 Å². The number of anilines is 2. The maximum absolute atomic E-state index is 11.6. The third-order valence-electron chi connectivity index (χ3n) is 3.73. The van der Waals surface area contributed by atoms with Crippen molar-refractivity contribution in [3.63, 3.8) is 0 Å². The Bertz CT molecular complexity index is 527. The van der Waals surface area contributed by atoms with Gasteiger partial charge >= 0.3 is 0 Å². The summed E-state index contributed by atoms with van der Waals surface area (Å²) in [5, 5.41) is 6.23. The number of hydrogen-bond acceptors (Lipinski definition) is 4. The molecule has 0 unspecified atom stereocenters. The maximum atomic E-state index is 11.6. The molecule has 1 aromatic rings. The van der Waals surface area contributed by atoms with E-state index in [0.29, 0.717) is 11.5 Å². The molecular formula is C16H24N4OS. The molecule has 0 aliphatic carbocycles. The monoisotopic (exact) mass is 320 g/mol. The number of nitrogens with zero attached hydrogens (tertiary/aromatic N) is 2. The summed E-state index contributed by atoms with van der Waals surface area (Å²) in [6.07, 6.45) is 1.30. The molecular weight excluding hydrogens is 296 g/mol. The highest BCUT2D eigenvalue weighted by atomic mass is 32.1. The second kappa shape index (κ2) is 8.10. The summed E-state index contributed by atoms with van der Waals surface area (Å²) in [6.45, 7) is 6.05. The fourth-order valence-corrected chi connectivity index (χ4v) is 2.70. The van der Waals surface area contributed by atoms with E-state index in [1.165, 1.54) is 0 Å². The SMILES string of the molecule is CCCC(=O)NC(=S)Nc1ccccc1N1CCN(C)CC1. The first-order chi connectivity index (χ1) is 10.6. The largest absolute Gasteiger partial charge is 0.367 e. The minimum atomic E-state index is -0.0444. The van der Waals surface area contributed by atoms with Crippen LogP contribution in [0, 0.1) is 0 Å². The summed E-state index contributed by atoms with van der Waals surface area (Å²) >= 11 is 5.24. The lowest BCUT2D eigenvalue weighted by Crippen LogP contribution is -2.45. The van der Waals surface area contributed by atoms with Crippen molar-refractivity contribution in [1.82, 2.24) is 10.2 Å². The second-order valence-electron chi connectivity index (χ2n) is 5.56. The molecule has 1 aliphatic heterocycles. The first-order valence-corrected chi connectivity index (χ1v) is 8.14. The number of amides is 1. The van der Waals surface area contributed by atoms with Crippen molar-refractivity contribution < 1.29 is 4.79 Å². The van der Waals surface area contributed by atoms with Gasteiger partial charge in [0.1, 0.15) is 0 Å². The van der Waals surface area contributed by atoms with Gasteiger partial charge in [-0.25, -0.2) is 0 Å². The molecule has 1 heterocycles. The van der Waals surface area contributed by atoms with E-state index in [4.69, 9.17) is 12.2 Å². The van der Waals surface area contributed by atoms with Gasteiger partial charge in [0, 0.05) is 32.6 Å². The third-order valence-corrected chi connectivity index (χ3v) is 3.93. The number of para-hydroxylation sites is 2. The molecule has 22 heavy (non-hydrogen) atoms. The highest BCUT2D eigenvalue weighted by Crippen LogP contribution is 2.26. The van der Waals surface area contributed by atoms with Gasteiger partial charge in [-0.3, -0.25) is 4.79 Å². The van der Waals surface area contributed by atoms with Gasteiger partial charge in [-0.2, -0.15) is 0 Å². The average Bonchev–Trinajstić information content (AvgIpc) is 2.49. The molecule has 0 atom stereocenters. The molecule has 1 amide bonds. The highest BCUT2D eigenvalue weighted by molar-refractivity contribution is 7.80. The van der Waals surface area contributed by atoms with Crippen LogP contribution in [0.15, 0.2) is 24.3 Å². The van der Waals surface area contributed by atoms with E-state index in [-0.39, 0.29) is 5.91 Å². The molecule has 2 N–H and O–H groups in total. The number of likely N-dealkylation sites (N-methyl/N-ethyl adjacent to an activating group) is 1. The number of nitrogens with one attached hydrogen (secondary N) is 2. The fraction of sp³-hybridized carbons (Fsp3) is 0.500. The number of carbonyl (C=O) groups is 1. The van der Waals surface area contributed by atoms with Crippen LogP contribution < -0.4 is 15.5 Å². The first kappa shape index (κ1) is 16.7. The van der Waals surface area contributed by atoms with Crippen LogP contribution in [0.5, 0.6) is 0 Å². The van der Waals surface area contributed by atoms with Crippen LogP contribution in [0.2, 0.25) is 0 Å². The van der Waals surface area contributed by atoms with Crippen LogP contribution >= 0.6 is 12.2 Å². The summed E-state index contributed by atoms with van der Waals surface area (Å²) in [4.78, 5) is 16.3.